The van der Waals surface area contributed by atoms with Crippen molar-refractivity contribution in [3.8, 4) is 0 Å². The van der Waals surface area contributed by atoms with Gasteiger partial charge in [-0.1, -0.05) is 13.3 Å². The van der Waals surface area contributed by atoms with E-state index in [1.807, 2.05) is 5.57 Å². The van der Waals surface area contributed by atoms with E-state index in [9.17, 15) is 0 Å². The summed E-state index contributed by atoms with van der Waals surface area (Å²) in [4.78, 5) is 5.32. The van der Waals surface area contributed by atoms with Gasteiger partial charge in [0, 0.05) is 19.1 Å². The lowest BCUT2D eigenvalue weighted by Gasteiger charge is -2.35. The molecule has 2 aliphatic heterocycles. The van der Waals surface area contributed by atoms with Gasteiger partial charge in [-0.2, -0.15) is 0 Å². The van der Waals surface area contributed by atoms with Crippen molar-refractivity contribution in [2.24, 2.45) is 11.8 Å². The van der Waals surface area contributed by atoms with Crippen LogP contribution in [0.15, 0.2) is 11.1 Å². The molecule has 0 spiro atoms. The van der Waals surface area contributed by atoms with E-state index < -0.39 is 0 Å². The Hall–Kier alpha value is -0.380. The zero-order valence-electron chi connectivity index (χ0n) is 14.3. The molecule has 22 heavy (non-hydrogen) atoms. The molecule has 0 aromatic heterocycles. The summed E-state index contributed by atoms with van der Waals surface area (Å²) in [7, 11) is 2.32. The highest BCUT2D eigenvalue weighted by molar-refractivity contribution is 5.64. The second-order valence-corrected chi connectivity index (χ2v) is 8.79. The van der Waals surface area contributed by atoms with Crippen LogP contribution in [-0.2, 0) is 0 Å². The van der Waals surface area contributed by atoms with Gasteiger partial charge in [0.25, 0.3) is 0 Å². The standard InChI is InChI=1S/C19H31N3/c1-13(8-9-21(2)15-4-3-5-15)10-20-18-16-11-22-12-19(22,17(16)18)14-6-7-14/h13-15,18,20H,3-12H2,1-2H3/t13?,18-,19?,22?/m1/s1. The lowest BCUT2D eigenvalue weighted by atomic mass is 9.91. The Kier molecular flexibility index (Phi) is 3.06. The summed E-state index contributed by atoms with van der Waals surface area (Å²) in [6, 6.07) is 1.61. The summed E-state index contributed by atoms with van der Waals surface area (Å²) in [5, 5.41) is 3.88. The van der Waals surface area contributed by atoms with E-state index in [0.717, 1.165) is 17.9 Å². The van der Waals surface area contributed by atoms with Crippen molar-refractivity contribution in [1.29, 1.82) is 0 Å². The van der Waals surface area contributed by atoms with Crippen molar-refractivity contribution < 1.29 is 0 Å². The van der Waals surface area contributed by atoms with E-state index in [4.69, 9.17) is 0 Å². The number of rotatable bonds is 8. The molecule has 122 valence electrons. The highest BCUT2D eigenvalue weighted by Gasteiger charge is 2.73. The van der Waals surface area contributed by atoms with Crippen LogP contribution >= 0.6 is 0 Å². The van der Waals surface area contributed by atoms with Gasteiger partial charge in [0.2, 0.25) is 0 Å². The lowest BCUT2D eigenvalue weighted by molar-refractivity contribution is 0.151. The maximum Gasteiger partial charge on any atom is 0.0602 e. The van der Waals surface area contributed by atoms with Crippen molar-refractivity contribution in [3.63, 3.8) is 0 Å². The number of hydrogen-bond acceptors (Lipinski definition) is 3. The summed E-state index contributed by atoms with van der Waals surface area (Å²) in [6.45, 7) is 7.59. The van der Waals surface area contributed by atoms with Crippen molar-refractivity contribution in [3.05, 3.63) is 11.1 Å². The van der Waals surface area contributed by atoms with Crippen LogP contribution in [-0.4, -0.2) is 60.6 Å². The summed E-state index contributed by atoms with van der Waals surface area (Å²) < 4.78 is 0. The van der Waals surface area contributed by atoms with E-state index in [0.29, 0.717) is 11.6 Å². The van der Waals surface area contributed by atoms with Crippen LogP contribution in [0.2, 0.25) is 0 Å². The molecule has 1 N–H and O–H groups in total. The van der Waals surface area contributed by atoms with Crippen LogP contribution in [0.4, 0.5) is 0 Å². The van der Waals surface area contributed by atoms with Crippen molar-refractivity contribution >= 4 is 0 Å². The number of hydrogen-bond donors (Lipinski definition) is 1. The topological polar surface area (TPSA) is 18.3 Å². The molecule has 5 aliphatic rings. The minimum absolute atomic E-state index is 0.598. The summed E-state index contributed by atoms with van der Waals surface area (Å²) in [6.07, 6.45) is 8.64. The van der Waals surface area contributed by atoms with Gasteiger partial charge in [0.15, 0.2) is 0 Å². The van der Waals surface area contributed by atoms with E-state index in [1.54, 1.807) is 5.57 Å². The molecule has 1 saturated heterocycles. The Bertz CT molecular complexity index is 505. The molecule has 3 unspecified atom stereocenters. The first-order chi connectivity index (χ1) is 10.7. The third-order valence-corrected chi connectivity index (χ3v) is 7.22. The molecule has 0 bridgehead atoms. The molecular formula is C19H31N3. The largest absolute Gasteiger partial charge is 0.306 e. The third kappa shape index (κ3) is 2.05. The predicted molar refractivity (Wildman–Crippen MR) is 89.9 cm³/mol. The van der Waals surface area contributed by atoms with E-state index >= 15 is 0 Å². The Labute approximate surface area is 135 Å². The van der Waals surface area contributed by atoms with Crippen LogP contribution in [0, 0.1) is 11.8 Å². The number of nitrogens with zero attached hydrogens (tertiary/aromatic N) is 2. The first-order valence-corrected chi connectivity index (χ1v) is 9.62. The molecule has 3 aliphatic carbocycles. The van der Waals surface area contributed by atoms with Crippen molar-refractivity contribution in [2.75, 3.05) is 33.2 Å². The van der Waals surface area contributed by atoms with Gasteiger partial charge in [-0.15, -0.1) is 0 Å². The Balaban J connectivity index is 1.05. The fourth-order valence-corrected chi connectivity index (χ4v) is 5.13. The van der Waals surface area contributed by atoms with Gasteiger partial charge in [-0.25, -0.2) is 0 Å². The van der Waals surface area contributed by atoms with Gasteiger partial charge in [0.1, 0.15) is 0 Å². The third-order valence-electron chi connectivity index (χ3n) is 7.22. The quantitative estimate of drug-likeness (QED) is 0.548. The van der Waals surface area contributed by atoms with Gasteiger partial charge in [-0.05, 0) is 75.2 Å². The Morgan fingerprint density at radius 1 is 1.32 bits per heavy atom. The minimum atomic E-state index is 0.598. The number of nitrogens with one attached hydrogen (secondary N) is 1. The highest BCUT2D eigenvalue weighted by atomic mass is 15.4. The molecule has 3 fully saturated rings. The molecule has 2 saturated carbocycles. The summed E-state index contributed by atoms with van der Waals surface area (Å²) in [5.74, 6) is 1.83. The fourth-order valence-electron chi connectivity index (χ4n) is 5.13. The van der Waals surface area contributed by atoms with Crippen molar-refractivity contribution in [1.82, 2.24) is 15.1 Å². The van der Waals surface area contributed by atoms with Gasteiger partial charge >= 0.3 is 0 Å². The van der Waals surface area contributed by atoms with Gasteiger partial charge in [-0.3, -0.25) is 4.90 Å². The minimum Gasteiger partial charge on any atom is -0.306 e. The SMILES string of the molecule is CC(CCN(C)C1CCC1)CN[C@@H]1C2=C1C1(C3CC3)CN1C2. The highest BCUT2D eigenvalue weighted by Crippen LogP contribution is 2.66. The second-order valence-electron chi connectivity index (χ2n) is 8.79. The number of fused-ring (bicyclic) bond motifs is 2. The molecular weight excluding hydrogens is 270 g/mol. The van der Waals surface area contributed by atoms with Crippen LogP contribution in [0.5, 0.6) is 0 Å². The molecule has 5 rings (SSSR count). The average molecular weight is 301 g/mol. The molecule has 0 aromatic carbocycles. The van der Waals surface area contributed by atoms with Crippen LogP contribution in [0.1, 0.15) is 45.4 Å². The molecule has 4 atom stereocenters. The maximum absolute atomic E-state index is 3.88. The molecule has 0 aromatic rings. The first-order valence-electron chi connectivity index (χ1n) is 9.62. The van der Waals surface area contributed by atoms with E-state index in [1.165, 1.54) is 64.7 Å². The van der Waals surface area contributed by atoms with Gasteiger partial charge in [0.05, 0.1) is 11.6 Å². The zero-order valence-corrected chi connectivity index (χ0v) is 14.3. The Morgan fingerprint density at radius 3 is 2.82 bits per heavy atom. The molecule has 3 heteroatoms. The maximum atomic E-state index is 3.88. The lowest BCUT2D eigenvalue weighted by Crippen LogP contribution is -2.39. The number of piperidine rings is 1. The monoisotopic (exact) mass is 301 g/mol. The molecule has 3 nitrogen and oxygen atoms in total. The van der Waals surface area contributed by atoms with Crippen LogP contribution < -0.4 is 5.32 Å². The summed E-state index contributed by atoms with van der Waals surface area (Å²) in [5.41, 5.74) is 4.21. The predicted octanol–water partition coefficient (Wildman–Crippen LogP) is 2.24. The van der Waals surface area contributed by atoms with Crippen LogP contribution in [0.3, 0.4) is 0 Å². The fraction of sp³-hybridized carbons (Fsp3) is 0.895. The second kappa shape index (κ2) is 4.81. The zero-order chi connectivity index (χ0) is 14.9. The molecule has 0 radical (unpaired) electrons. The van der Waals surface area contributed by atoms with Crippen molar-refractivity contribution in [2.45, 2.75) is 63.1 Å². The smallest absolute Gasteiger partial charge is 0.0602 e. The summed E-state index contributed by atoms with van der Waals surface area (Å²) >= 11 is 0. The Morgan fingerprint density at radius 2 is 2.14 bits per heavy atom. The average Bonchev–Trinajstić information content (AvgIpc) is 3.32. The van der Waals surface area contributed by atoms with E-state index in [2.05, 4.69) is 29.1 Å². The molecule has 2 heterocycles. The van der Waals surface area contributed by atoms with Crippen LogP contribution in [0.25, 0.3) is 0 Å². The van der Waals surface area contributed by atoms with E-state index in [-0.39, 0.29) is 0 Å². The first kappa shape index (κ1) is 14.0. The normalized spacial score (nSPS) is 40.5. The van der Waals surface area contributed by atoms with Gasteiger partial charge < -0.3 is 10.2 Å². The molecule has 0 amide bonds.